The van der Waals surface area contributed by atoms with E-state index in [1.54, 1.807) is 30.3 Å². The van der Waals surface area contributed by atoms with Crippen LogP contribution in [0.15, 0.2) is 53.4 Å². The molecule has 7 heteroatoms. The van der Waals surface area contributed by atoms with Gasteiger partial charge in [-0.25, -0.2) is 17.5 Å². The molecule has 1 unspecified atom stereocenters. The summed E-state index contributed by atoms with van der Waals surface area (Å²) >= 11 is 5.59. The van der Waals surface area contributed by atoms with Crippen molar-refractivity contribution in [1.82, 2.24) is 4.72 Å². The van der Waals surface area contributed by atoms with E-state index in [1.807, 2.05) is 0 Å². The zero-order valence-corrected chi connectivity index (χ0v) is 13.3. The van der Waals surface area contributed by atoms with E-state index < -0.39 is 21.4 Å². The van der Waals surface area contributed by atoms with Gasteiger partial charge in [-0.15, -0.1) is 0 Å². The molecule has 2 aromatic carbocycles. The van der Waals surface area contributed by atoms with Crippen molar-refractivity contribution >= 4 is 21.6 Å². The molecule has 22 heavy (non-hydrogen) atoms. The maximum Gasteiger partial charge on any atom is 0.240 e. The monoisotopic (exact) mass is 343 g/mol. The second kappa shape index (κ2) is 6.34. The Morgan fingerprint density at radius 1 is 1.23 bits per heavy atom. The number of benzene rings is 2. The smallest absolute Gasteiger partial charge is 0.240 e. The number of hydrogen-bond donors (Lipinski definition) is 2. The lowest BCUT2D eigenvalue weighted by Gasteiger charge is -2.24. The number of rotatable bonds is 5. The fourth-order valence-electron chi connectivity index (χ4n) is 1.86. The van der Waals surface area contributed by atoms with E-state index >= 15 is 0 Å². The minimum atomic E-state index is -3.90. The lowest BCUT2D eigenvalue weighted by Crippen LogP contribution is -2.38. The van der Waals surface area contributed by atoms with Crippen LogP contribution in [0, 0.1) is 5.82 Å². The molecule has 0 heterocycles. The first-order valence-electron chi connectivity index (χ1n) is 6.45. The maximum absolute atomic E-state index is 13.1. The Morgan fingerprint density at radius 2 is 1.86 bits per heavy atom. The summed E-state index contributed by atoms with van der Waals surface area (Å²) in [5.41, 5.74) is -0.798. The Kier molecular flexibility index (Phi) is 4.87. The minimum absolute atomic E-state index is 0.164. The first-order chi connectivity index (χ1) is 10.2. The van der Waals surface area contributed by atoms with Gasteiger partial charge in [-0.3, -0.25) is 0 Å². The van der Waals surface area contributed by atoms with Crippen LogP contribution in [0.25, 0.3) is 0 Å². The summed E-state index contributed by atoms with van der Waals surface area (Å²) in [5.74, 6) is -0.697. The van der Waals surface area contributed by atoms with E-state index in [9.17, 15) is 17.9 Å². The molecule has 1 atom stereocenters. The van der Waals surface area contributed by atoms with Gasteiger partial charge in [0.1, 0.15) is 11.4 Å². The molecular formula is C15H15ClFNO3S. The fourth-order valence-corrected chi connectivity index (χ4v) is 3.27. The second-order valence-corrected chi connectivity index (χ2v) is 7.21. The second-order valence-electron chi connectivity index (χ2n) is 5.04. The molecular weight excluding hydrogens is 329 g/mol. The highest BCUT2D eigenvalue weighted by Gasteiger charge is 2.26. The Morgan fingerprint density at radius 3 is 2.45 bits per heavy atom. The lowest BCUT2D eigenvalue weighted by molar-refractivity contribution is 0.0627. The fraction of sp³-hybridized carbons (Fsp3) is 0.200. The van der Waals surface area contributed by atoms with Gasteiger partial charge in [-0.05, 0) is 30.7 Å². The zero-order chi connectivity index (χ0) is 16.4. The molecule has 2 aromatic rings. The highest BCUT2D eigenvalue weighted by Crippen LogP contribution is 2.22. The van der Waals surface area contributed by atoms with Gasteiger partial charge in [-0.1, -0.05) is 41.9 Å². The van der Waals surface area contributed by atoms with Crippen molar-refractivity contribution < 1.29 is 17.9 Å². The van der Waals surface area contributed by atoms with E-state index in [0.29, 0.717) is 5.56 Å². The Labute approximate surface area is 133 Å². The van der Waals surface area contributed by atoms with Crippen LogP contribution in [-0.2, 0) is 15.6 Å². The van der Waals surface area contributed by atoms with Crippen molar-refractivity contribution in [2.24, 2.45) is 0 Å². The van der Waals surface area contributed by atoms with E-state index in [-0.39, 0.29) is 16.5 Å². The van der Waals surface area contributed by atoms with E-state index in [1.165, 1.54) is 6.92 Å². The molecule has 0 spiro atoms. The number of aliphatic hydroxyl groups is 1. The molecule has 2 N–H and O–H groups in total. The molecule has 0 aliphatic heterocycles. The van der Waals surface area contributed by atoms with Gasteiger partial charge in [0.15, 0.2) is 0 Å². The van der Waals surface area contributed by atoms with Crippen molar-refractivity contribution in [2.75, 3.05) is 6.54 Å². The average Bonchev–Trinajstić information content (AvgIpc) is 2.49. The van der Waals surface area contributed by atoms with E-state index in [2.05, 4.69) is 4.72 Å². The van der Waals surface area contributed by atoms with E-state index in [4.69, 9.17) is 11.6 Å². The molecule has 0 fully saturated rings. The molecule has 0 aliphatic rings. The first kappa shape index (κ1) is 16.9. The summed E-state index contributed by atoms with van der Waals surface area (Å²) in [6.07, 6.45) is 0. The van der Waals surface area contributed by atoms with E-state index in [0.717, 1.165) is 18.2 Å². The van der Waals surface area contributed by atoms with Crippen LogP contribution in [0.3, 0.4) is 0 Å². The molecule has 118 valence electrons. The van der Waals surface area contributed by atoms with Crippen LogP contribution < -0.4 is 4.72 Å². The van der Waals surface area contributed by atoms with Crippen LogP contribution in [0.1, 0.15) is 12.5 Å². The summed E-state index contributed by atoms with van der Waals surface area (Å²) < 4.78 is 39.7. The van der Waals surface area contributed by atoms with Gasteiger partial charge in [-0.2, -0.15) is 0 Å². The number of halogens is 2. The third kappa shape index (κ3) is 3.84. The number of hydrogen-bond acceptors (Lipinski definition) is 3. The molecule has 0 aromatic heterocycles. The van der Waals surface area contributed by atoms with Crippen LogP contribution in [0.5, 0.6) is 0 Å². The Bertz CT molecular complexity index is 764. The quantitative estimate of drug-likeness (QED) is 0.877. The van der Waals surface area contributed by atoms with Gasteiger partial charge in [0.05, 0.1) is 9.92 Å². The predicted molar refractivity (Wildman–Crippen MR) is 82.6 cm³/mol. The first-order valence-corrected chi connectivity index (χ1v) is 8.31. The standard InChI is InChI=1S/C15H15ClFNO3S/c1-15(19,11-5-3-2-4-6-11)10-18-22(20,21)12-7-8-14(17)13(16)9-12/h2-9,18-19H,10H2,1H3. The molecule has 0 radical (unpaired) electrons. The van der Waals surface area contributed by atoms with Crippen molar-refractivity contribution in [2.45, 2.75) is 17.4 Å². The largest absolute Gasteiger partial charge is 0.384 e. The number of nitrogens with one attached hydrogen (secondary N) is 1. The predicted octanol–water partition coefficient (Wildman–Crippen LogP) is 2.67. The minimum Gasteiger partial charge on any atom is -0.384 e. The summed E-state index contributed by atoms with van der Waals surface area (Å²) in [6.45, 7) is 1.27. The van der Waals surface area contributed by atoms with Crippen molar-refractivity contribution in [3.8, 4) is 0 Å². The highest BCUT2D eigenvalue weighted by molar-refractivity contribution is 7.89. The van der Waals surface area contributed by atoms with Crippen molar-refractivity contribution in [1.29, 1.82) is 0 Å². The van der Waals surface area contributed by atoms with Gasteiger partial charge in [0.2, 0.25) is 10.0 Å². The Balaban J connectivity index is 2.17. The van der Waals surface area contributed by atoms with Gasteiger partial charge < -0.3 is 5.11 Å². The molecule has 0 amide bonds. The molecule has 0 saturated heterocycles. The normalized spacial score (nSPS) is 14.5. The third-order valence-corrected chi connectivity index (χ3v) is 4.89. The van der Waals surface area contributed by atoms with Crippen LogP contribution in [-0.4, -0.2) is 20.1 Å². The molecule has 0 bridgehead atoms. The van der Waals surface area contributed by atoms with Crippen molar-refractivity contribution in [3.63, 3.8) is 0 Å². The highest BCUT2D eigenvalue weighted by atomic mass is 35.5. The van der Waals surface area contributed by atoms with Gasteiger partial charge in [0, 0.05) is 6.54 Å². The summed E-state index contributed by atoms with van der Waals surface area (Å²) in [4.78, 5) is -0.164. The number of sulfonamides is 1. The lowest BCUT2D eigenvalue weighted by atomic mass is 9.97. The van der Waals surface area contributed by atoms with Crippen LogP contribution in [0.2, 0.25) is 5.02 Å². The molecule has 0 aliphatic carbocycles. The van der Waals surface area contributed by atoms with Crippen LogP contribution >= 0.6 is 11.6 Å². The topological polar surface area (TPSA) is 66.4 Å². The summed E-state index contributed by atoms with van der Waals surface area (Å²) in [5, 5.41) is 10.1. The van der Waals surface area contributed by atoms with Gasteiger partial charge >= 0.3 is 0 Å². The Hall–Kier alpha value is -1.47. The molecule has 4 nitrogen and oxygen atoms in total. The summed E-state index contributed by atoms with van der Waals surface area (Å²) in [7, 11) is -3.90. The molecule has 0 saturated carbocycles. The van der Waals surface area contributed by atoms with Crippen molar-refractivity contribution in [3.05, 3.63) is 64.9 Å². The third-order valence-electron chi connectivity index (χ3n) is 3.20. The SMILES string of the molecule is CC(O)(CNS(=O)(=O)c1ccc(F)c(Cl)c1)c1ccccc1. The average molecular weight is 344 g/mol. The zero-order valence-electron chi connectivity index (χ0n) is 11.8. The molecule has 2 rings (SSSR count). The maximum atomic E-state index is 13.1. The summed E-state index contributed by atoms with van der Waals surface area (Å²) in [6, 6.07) is 11.8. The van der Waals surface area contributed by atoms with Gasteiger partial charge in [0.25, 0.3) is 0 Å². The van der Waals surface area contributed by atoms with Crippen LogP contribution in [0.4, 0.5) is 4.39 Å².